The number of aromatic nitrogens is 1. The number of H-pyrrole nitrogens is 1. The molecule has 1 aromatic heterocycles. The molecule has 4 rings (SSSR count). The number of carbonyl (C=O) groups excluding carboxylic acids is 1. The maximum atomic E-state index is 14.9. The van der Waals surface area contributed by atoms with Crippen molar-refractivity contribution in [2.45, 2.75) is 45.3 Å². The monoisotopic (exact) mass is 417 g/mol. The highest BCUT2D eigenvalue weighted by Gasteiger charge is 2.56. The van der Waals surface area contributed by atoms with Gasteiger partial charge >= 0.3 is 12.1 Å². The van der Waals surface area contributed by atoms with Crippen molar-refractivity contribution in [2.75, 3.05) is 18.0 Å². The molecule has 1 spiro atoms. The summed E-state index contributed by atoms with van der Waals surface area (Å²) in [6, 6.07) is 2.42. The molecule has 1 aromatic carbocycles. The summed E-state index contributed by atoms with van der Waals surface area (Å²) in [4.78, 5) is 40.3. The SMILES string of the molecule is CC(C)(C)OC(=O)N[C@@H]1CN(c2cc3[nH]cc(C(=O)O)c(=O)c3cc2F)CC12CC2. The number of fused-ring (bicyclic) bond motifs is 1. The van der Waals surface area contributed by atoms with Gasteiger partial charge < -0.3 is 25.0 Å². The molecule has 3 N–H and O–H groups in total. The summed E-state index contributed by atoms with van der Waals surface area (Å²) < 4.78 is 20.3. The molecule has 1 aliphatic carbocycles. The number of nitrogens with zero attached hydrogens (tertiary/aromatic N) is 1. The number of carbonyl (C=O) groups is 2. The number of alkyl carbamates (subject to hydrolysis) is 1. The van der Waals surface area contributed by atoms with Gasteiger partial charge in [-0.15, -0.1) is 0 Å². The molecule has 160 valence electrons. The number of aromatic carboxylic acids is 1. The van der Waals surface area contributed by atoms with E-state index in [0.717, 1.165) is 25.1 Å². The van der Waals surface area contributed by atoms with Crippen molar-refractivity contribution in [1.29, 1.82) is 0 Å². The molecule has 9 heteroatoms. The number of hydrogen-bond acceptors (Lipinski definition) is 5. The number of anilines is 1. The number of pyridine rings is 1. The molecule has 0 bridgehead atoms. The Kier molecular flexibility index (Phi) is 4.52. The van der Waals surface area contributed by atoms with Gasteiger partial charge in [0, 0.05) is 30.1 Å². The Morgan fingerprint density at radius 3 is 2.63 bits per heavy atom. The minimum absolute atomic E-state index is 0.0140. The van der Waals surface area contributed by atoms with Crippen LogP contribution in [0.3, 0.4) is 0 Å². The molecule has 2 aliphatic rings. The van der Waals surface area contributed by atoms with Crippen LogP contribution in [0.1, 0.15) is 44.0 Å². The number of ether oxygens (including phenoxy) is 1. The van der Waals surface area contributed by atoms with Gasteiger partial charge in [-0.3, -0.25) is 4.79 Å². The van der Waals surface area contributed by atoms with E-state index in [-0.39, 0.29) is 16.8 Å². The standard InChI is InChI=1S/C21H24FN3O5/c1-20(2,3)30-19(29)24-16-9-25(10-21(16)4-5-21)15-7-14-11(6-13(15)22)17(26)12(8-23-14)18(27)28/h6-8,16H,4-5,9-10H2,1-3H3,(H,23,26)(H,24,29)(H,27,28)/t16-/m1/s1. The van der Waals surface area contributed by atoms with E-state index in [1.54, 1.807) is 20.8 Å². The molecular weight excluding hydrogens is 393 g/mol. The molecule has 1 amide bonds. The van der Waals surface area contributed by atoms with Crippen LogP contribution in [0.25, 0.3) is 10.9 Å². The van der Waals surface area contributed by atoms with Gasteiger partial charge in [0.15, 0.2) is 0 Å². The quantitative estimate of drug-likeness (QED) is 0.708. The number of amides is 1. The van der Waals surface area contributed by atoms with Crippen LogP contribution in [0.2, 0.25) is 0 Å². The largest absolute Gasteiger partial charge is 0.477 e. The third-order valence-corrected chi connectivity index (χ3v) is 5.75. The van der Waals surface area contributed by atoms with Gasteiger partial charge in [-0.05, 0) is 45.7 Å². The summed E-state index contributed by atoms with van der Waals surface area (Å²) in [7, 11) is 0. The number of halogens is 1. The van der Waals surface area contributed by atoms with Crippen molar-refractivity contribution in [3.63, 3.8) is 0 Å². The van der Waals surface area contributed by atoms with Crippen LogP contribution >= 0.6 is 0 Å². The molecule has 2 aromatic rings. The number of benzene rings is 1. The Morgan fingerprint density at radius 2 is 2.03 bits per heavy atom. The Balaban J connectivity index is 1.61. The van der Waals surface area contributed by atoms with Crippen molar-refractivity contribution in [3.05, 3.63) is 39.9 Å². The van der Waals surface area contributed by atoms with Crippen molar-refractivity contribution >= 4 is 28.7 Å². The first-order chi connectivity index (χ1) is 14.0. The summed E-state index contributed by atoms with van der Waals surface area (Å²) in [5.41, 5.74) is -1.22. The van der Waals surface area contributed by atoms with Crippen LogP contribution in [0, 0.1) is 11.2 Å². The highest BCUT2D eigenvalue weighted by molar-refractivity contribution is 5.93. The average Bonchev–Trinajstić information content (AvgIpc) is 3.31. The van der Waals surface area contributed by atoms with Crippen molar-refractivity contribution < 1.29 is 23.8 Å². The molecule has 8 nitrogen and oxygen atoms in total. The fraction of sp³-hybridized carbons (Fsp3) is 0.476. The molecule has 2 heterocycles. The molecule has 1 saturated heterocycles. The zero-order valence-electron chi connectivity index (χ0n) is 17.0. The predicted octanol–water partition coefficient (Wildman–Crippen LogP) is 2.86. The van der Waals surface area contributed by atoms with Crippen molar-refractivity contribution in [1.82, 2.24) is 10.3 Å². The molecule has 0 unspecified atom stereocenters. The lowest BCUT2D eigenvalue weighted by molar-refractivity contribution is 0.0493. The second-order valence-electron chi connectivity index (χ2n) is 9.13. The van der Waals surface area contributed by atoms with Gasteiger partial charge in [-0.2, -0.15) is 0 Å². The molecular formula is C21H24FN3O5. The summed E-state index contributed by atoms with van der Waals surface area (Å²) in [6.07, 6.45) is 2.48. The lowest BCUT2D eigenvalue weighted by Crippen LogP contribution is -2.44. The maximum absolute atomic E-state index is 14.9. The number of nitrogens with one attached hydrogen (secondary N) is 2. The van der Waals surface area contributed by atoms with E-state index in [2.05, 4.69) is 10.3 Å². The molecule has 1 saturated carbocycles. The fourth-order valence-corrected chi connectivity index (χ4v) is 4.10. The lowest BCUT2D eigenvalue weighted by Gasteiger charge is -2.24. The van der Waals surface area contributed by atoms with Gasteiger partial charge in [-0.1, -0.05) is 0 Å². The second-order valence-corrected chi connectivity index (χ2v) is 9.13. The first-order valence-corrected chi connectivity index (χ1v) is 9.82. The van der Waals surface area contributed by atoms with Crippen LogP contribution in [-0.2, 0) is 4.74 Å². The lowest BCUT2D eigenvalue weighted by atomic mass is 10.0. The van der Waals surface area contributed by atoms with Gasteiger partial charge in [0.05, 0.1) is 17.2 Å². The van der Waals surface area contributed by atoms with Gasteiger partial charge in [0.1, 0.15) is 17.0 Å². The Hall–Kier alpha value is -3.10. The Bertz CT molecular complexity index is 1100. The zero-order chi connectivity index (χ0) is 21.8. The smallest absolute Gasteiger partial charge is 0.407 e. The highest BCUT2D eigenvalue weighted by atomic mass is 19.1. The van der Waals surface area contributed by atoms with E-state index in [0.29, 0.717) is 24.3 Å². The average molecular weight is 417 g/mol. The number of aromatic amines is 1. The zero-order valence-corrected chi connectivity index (χ0v) is 17.0. The van der Waals surface area contributed by atoms with E-state index in [4.69, 9.17) is 9.84 Å². The van der Waals surface area contributed by atoms with Crippen molar-refractivity contribution in [2.24, 2.45) is 5.41 Å². The summed E-state index contributed by atoms with van der Waals surface area (Å²) in [5, 5.41) is 12.0. The summed E-state index contributed by atoms with van der Waals surface area (Å²) in [6.45, 7) is 6.37. The molecule has 1 atom stereocenters. The third-order valence-electron chi connectivity index (χ3n) is 5.75. The van der Waals surface area contributed by atoms with Crippen LogP contribution in [0.5, 0.6) is 0 Å². The van der Waals surface area contributed by atoms with Gasteiger partial charge in [0.25, 0.3) is 0 Å². The molecule has 2 fully saturated rings. The second kappa shape index (κ2) is 6.72. The van der Waals surface area contributed by atoms with E-state index in [1.807, 2.05) is 4.90 Å². The topological polar surface area (TPSA) is 112 Å². The molecule has 0 radical (unpaired) electrons. The molecule has 30 heavy (non-hydrogen) atoms. The predicted molar refractivity (Wildman–Crippen MR) is 109 cm³/mol. The van der Waals surface area contributed by atoms with Gasteiger partial charge in [-0.25, -0.2) is 14.0 Å². The highest BCUT2D eigenvalue weighted by Crippen LogP contribution is 2.53. The number of carboxylic acid groups (broad SMARTS) is 1. The van der Waals surface area contributed by atoms with E-state index < -0.39 is 34.5 Å². The maximum Gasteiger partial charge on any atom is 0.407 e. The molecule has 1 aliphatic heterocycles. The van der Waals surface area contributed by atoms with E-state index in [9.17, 15) is 18.8 Å². The first-order valence-electron chi connectivity index (χ1n) is 9.82. The Morgan fingerprint density at radius 1 is 1.33 bits per heavy atom. The Labute approximate surface area is 172 Å². The van der Waals surface area contributed by atoms with Gasteiger partial charge in [0.2, 0.25) is 5.43 Å². The normalized spacial score (nSPS) is 19.9. The summed E-state index contributed by atoms with van der Waals surface area (Å²) in [5.74, 6) is -1.97. The van der Waals surface area contributed by atoms with Crippen LogP contribution in [0.15, 0.2) is 23.1 Å². The van der Waals surface area contributed by atoms with E-state index in [1.165, 1.54) is 6.07 Å². The van der Waals surface area contributed by atoms with Crippen LogP contribution in [-0.4, -0.2) is 46.9 Å². The van der Waals surface area contributed by atoms with Crippen LogP contribution < -0.4 is 15.6 Å². The van der Waals surface area contributed by atoms with E-state index >= 15 is 0 Å². The minimum atomic E-state index is -1.37. The fourth-order valence-electron chi connectivity index (χ4n) is 4.10. The number of carboxylic acids is 1. The number of rotatable bonds is 3. The number of hydrogen-bond donors (Lipinski definition) is 3. The van der Waals surface area contributed by atoms with Crippen LogP contribution in [0.4, 0.5) is 14.9 Å². The third kappa shape index (κ3) is 3.59. The first kappa shape index (κ1) is 20.2. The minimum Gasteiger partial charge on any atom is -0.477 e. The van der Waals surface area contributed by atoms with Crippen molar-refractivity contribution in [3.8, 4) is 0 Å². The summed E-state index contributed by atoms with van der Waals surface area (Å²) >= 11 is 0.